The molecular formula is C10H18N2OS. The number of hydrogen-bond donors (Lipinski definition) is 1. The molecule has 2 atom stereocenters. The maximum Gasteiger partial charge on any atom is 0.235 e. The van der Waals surface area contributed by atoms with Gasteiger partial charge in [-0.2, -0.15) is 17.9 Å². The van der Waals surface area contributed by atoms with Gasteiger partial charge < -0.3 is 4.90 Å². The average Bonchev–Trinajstić information content (AvgIpc) is 2.14. The van der Waals surface area contributed by atoms with Gasteiger partial charge in [-0.1, -0.05) is 13.8 Å². The zero-order chi connectivity index (χ0) is 11.3. The van der Waals surface area contributed by atoms with Crippen molar-refractivity contribution in [2.24, 2.45) is 11.8 Å². The van der Waals surface area contributed by atoms with E-state index in [2.05, 4.69) is 18.7 Å². The van der Waals surface area contributed by atoms with Gasteiger partial charge in [-0.05, 0) is 12.8 Å². The van der Waals surface area contributed by atoms with Crippen LogP contribution in [0.2, 0.25) is 0 Å². The van der Waals surface area contributed by atoms with Crippen molar-refractivity contribution >= 4 is 18.5 Å². The number of carbonyl (C=O) groups excluding carboxylic acids is 1. The second-order valence-electron chi connectivity index (χ2n) is 3.94. The monoisotopic (exact) mass is 214 g/mol. The summed E-state index contributed by atoms with van der Waals surface area (Å²) in [5, 5.41) is 8.33. The van der Waals surface area contributed by atoms with E-state index in [9.17, 15) is 4.79 Å². The van der Waals surface area contributed by atoms with Crippen molar-refractivity contribution in [2.75, 3.05) is 13.6 Å². The van der Waals surface area contributed by atoms with Crippen molar-refractivity contribution in [3.05, 3.63) is 0 Å². The molecule has 0 saturated carbocycles. The third kappa shape index (κ3) is 4.01. The lowest BCUT2D eigenvalue weighted by Crippen LogP contribution is -2.38. The first kappa shape index (κ1) is 13.3. The molecule has 0 aliphatic heterocycles. The molecule has 2 unspecified atom stereocenters. The molecule has 4 heteroatoms. The van der Waals surface area contributed by atoms with Crippen molar-refractivity contribution in [1.29, 1.82) is 5.26 Å². The number of carbonyl (C=O) groups is 1. The quantitative estimate of drug-likeness (QED) is 0.722. The third-order valence-corrected chi connectivity index (χ3v) is 2.85. The van der Waals surface area contributed by atoms with E-state index in [1.807, 2.05) is 13.8 Å². The Labute approximate surface area is 91.5 Å². The Hall–Kier alpha value is -0.690. The van der Waals surface area contributed by atoms with Crippen LogP contribution in [-0.2, 0) is 4.79 Å². The predicted octanol–water partition coefficient (Wildman–Crippen LogP) is 1.56. The van der Waals surface area contributed by atoms with Crippen LogP contribution in [0.5, 0.6) is 0 Å². The Morgan fingerprint density at radius 3 is 2.36 bits per heavy atom. The summed E-state index contributed by atoms with van der Waals surface area (Å²) >= 11 is 4.24. The number of thiol groups is 1. The molecule has 0 aliphatic rings. The fourth-order valence-corrected chi connectivity index (χ4v) is 1.25. The van der Waals surface area contributed by atoms with Crippen molar-refractivity contribution in [3.8, 4) is 6.07 Å². The van der Waals surface area contributed by atoms with E-state index in [1.54, 1.807) is 18.9 Å². The molecule has 0 heterocycles. The lowest BCUT2D eigenvalue weighted by atomic mass is 10.1. The highest BCUT2D eigenvalue weighted by Crippen LogP contribution is 2.12. The zero-order valence-corrected chi connectivity index (χ0v) is 10.1. The largest absolute Gasteiger partial charge is 0.343 e. The Balaban J connectivity index is 4.20. The van der Waals surface area contributed by atoms with Gasteiger partial charge in [0.1, 0.15) is 0 Å². The molecule has 0 aromatic rings. The Bertz CT molecular complexity index is 235. The van der Waals surface area contributed by atoms with Crippen molar-refractivity contribution < 1.29 is 4.79 Å². The van der Waals surface area contributed by atoms with Crippen molar-refractivity contribution in [3.63, 3.8) is 0 Å². The van der Waals surface area contributed by atoms with E-state index in [0.717, 1.165) is 0 Å². The highest BCUT2D eigenvalue weighted by Gasteiger charge is 2.22. The minimum atomic E-state index is -0.272. The molecule has 14 heavy (non-hydrogen) atoms. The lowest BCUT2D eigenvalue weighted by Gasteiger charge is -2.23. The minimum Gasteiger partial charge on any atom is -0.343 e. The van der Waals surface area contributed by atoms with Crippen LogP contribution in [0.25, 0.3) is 0 Å². The molecule has 0 aromatic heterocycles. The van der Waals surface area contributed by atoms with Crippen LogP contribution in [0.3, 0.4) is 0 Å². The highest BCUT2D eigenvalue weighted by molar-refractivity contribution is 7.81. The summed E-state index contributed by atoms with van der Waals surface area (Å²) in [4.78, 5) is 13.3. The fourth-order valence-electron chi connectivity index (χ4n) is 1.05. The van der Waals surface area contributed by atoms with Crippen LogP contribution in [0.1, 0.15) is 20.8 Å². The van der Waals surface area contributed by atoms with E-state index >= 15 is 0 Å². The Morgan fingerprint density at radius 2 is 2.00 bits per heavy atom. The molecule has 0 N–H and O–H groups in total. The summed E-state index contributed by atoms with van der Waals surface area (Å²) in [5.74, 6) is 0.0766. The third-order valence-electron chi connectivity index (χ3n) is 2.03. The number of hydrogen-bond acceptors (Lipinski definition) is 3. The Kier molecular flexibility index (Phi) is 5.63. The first-order valence-corrected chi connectivity index (χ1v) is 5.24. The van der Waals surface area contributed by atoms with Crippen LogP contribution in [0, 0.1) is 23.2 Å². The lowest BCUT2D eigenvalue weighted by molar-refractivity contribution is -0.130. The number of nitriles is 1. The van der Waals surface area contributed by atoms with Gasteiger partial charge in [0.15, 0.2) is 0 Å². The SMILES string of the molecule is CC(C#N)CN(C)C(=O)C(S)C(C)C. The molecule has 80 valence electrons. The van der Waals surface area contributed by atoms with Gasteiger partial charge in [-0.3, -0.25) is 4.79 Å². The maximum absolute atomic E-state index is 11.7. The number of amides is 1. The van der Waals surface area contributed by atoms with E-state index < -0.39 is 0 Å². The summed E-state index contributed by atoms with van der Waals surface area (Å²) in [5.41, 5.74) is 0. The zero-order valence-electron chi connectivity index (χ0n) is 9.19. The van der Waals surface area contributed by atoms with Gasteiger partial charge >= 0.3 is 0 Å². The standard InChI is InChI=1S/C10H18N2OS/c1-7(2)9(14)10(13)12(4)6-8(3)5-11/h7-9,14H,6H2,1-4H3. The molecule has 0 rings (SSSR count). The molecular weight excluding hydrogens is 196 g/mol. The summed E-state index contributed by atoms with van der Waals surface area (Å²) in [6.45, 7) is 6.18. The minimum absolute atomic E-state index is 0.00886. The number of rotatable bonds is 4. The molecule has 3 nitrogen and oxygen atoms in total. The van der Waals surface area contributed by atoms with Crippen LogP contribution in [-0.4, -0.2) is 29.6 Å². The van der Waals surface area contributed by atoms with Crippen molar-refractivity contribution in [2.45, 2.75) is 26.0 Å². The second-order valence-corrected chi connectivity index (χ2v) is 4.49. The molecule has 0 spiro atoms. The summed E-state index contributed by atoms with van der Waals surface area (Å²) in [7, 11) is 1.71. The maximum atomic E-state index is 11.7. The van der Waals surface area contributed by atoms with E-state index in [4.69, 9.17) is 5.26 Å². The van der Waals surface area contributed by atoms with E-state index in [1.165, 1.54) is 0 Å². The van der Waals surface area contributed by atoms with Crippen molar-refractivity contribution in [1.82, 2.24) is 4.90 Å². The average molecular weight is 214 g/mol. The molecule has 0 bridgehead atoms. The van der Waals surface area contributed by atoms with Crippen LogP contribution < -0.4 is 0 Å². The highest BCUT2D eigenvalue weighted by atomic mass is 32.1. The smallest absolute Gasteiger partial charge is 0.235 e. The van der Waals surface area contributed by atoms with Gasteiger partial charge in [0.25, 0.3) is 0 Å². The van der Waals surface area contributed by atoms with E-state index in [0.29, 0.717) is 6.54 Å². The van der Waals surface area contributed by atoms with Crippen LogP contribution >= 0.6 is 12.6 Å². The summed E-state index contributed by atoms with van der Waals surface area (Å²) in [6, 6.07) is 2.10. The fraction of sp³-hybridized carbons (Fsp3) is 0.800. The number of nitrogens with zero attached hydrogens (tertiary/aromatic N) is 2. The van der Waals surface area contributed by atoms with Gasteiger partial charge in [0, 0.05) is 13.6 Å². The molecule has 0 fully saturated rings. The summed E-state index contributed by atoms with van der Waals surface area (Å²) < 4.78 is 0. The van der Waals surface area contributed by atoms with Crippen LogP contribution in [0.4, 0.5) is 0 Å². The molecule has 0 saturated heterocycles. The molecule has 1 amide bonds. The first-order valence-electron chi connectivity index (χ1n) is 4.72. The summed E-state index contributed by atoms with van der Waals surface area (Å²) in [6.07, 6.45) is 0. The molecule has 0 radical (unpaired) electrons. The molecule has 0 aliphatic carbocycles. The second kappa shape index (κ2) is 5.92. The van der Waals surface area contributed by atoms with Gasteiger partial charge in [0.05, 0.1) is 17.2 Å². The van der Waals surface area contributed by atoms with Gasteiger partial charge in [0.2, 0.25) is 5.91 Å². The Morgan fingerprint density at radius 1 is 1.50 bits per heavy atom. The van der Waals surface area contributed by atoms with E-state index in [-0.39, 0.29) is 23.0 Å². The molecule has 0 aromatic carbocycles. The topological polar surface area (TPSA) is 44.1 Å². The predicted molar refractivity (Wildman–Crippen MR) is 60.0 cm³/mol. The first-order chi connectivity index (χ1) is 6.40. The normalized spacial score (nSPS) is 14.6. The van der Waals surface area contributed by atoms with Gasteiger partial charge in [-0.25, -0.2) is 0 Å². The van der Waals surface area contributed by atoms with Crippen LogP contribution in [0.15, 0.2) is 0 Å². The van der Waals surface area contributed by atoms with Gasteiger partial charge in [-0.15, -0.1) is 0 Å².